The summed E-state index contributed by atoms with van der Waals surface area (Å²) in [5.74, 6) is -0.307. The second-order valence-electron chi connectivity index (χ2n) is 6.52. The molecule has 25 heavy (non-hydrogen) atoms. The lowest BCUT2D eigenvalue weighted by atomic mass is 9.95. The standard InChI is InChI=1S/C18H20N4O3/c1-20-10-8-14(19-20)13-5-4-9-21(11-13)17(23)12-22-15-6-2-3-7-16(15)25-18(22)24/h2-3,6-8,10,13H,4-5,9,11-12H2,1H3/t13-/m0/s1. The number of likely N-dealkylation sites (tertiary alicyclic amines) is 1. The van der Waals surface area contributed by atoms with Crippen LogP contribution in [-0.4, -0.2) is 38.2 Å². The molecule has 0 radical (unpaired) electrons. The van der Waals surface area contributed by atoms with Crippen molar-refractivity contribution in [2.45, 2.75) is 25.3 Å². The van der Waals surface area contributed by atoms with Gasteiger partial charge in [-0.1, -0.05) is 12.1 Å². The first kappa shape index (κ1) is 15.7. The third-order valence-corrected chi connectivity index (χ3v) is 4.79. The summed E-state index contributed by atoms with van der Waals surface area (Å²) in [4.78, 5) is 26.6. The molecule has 7 nitrogen and oxygen atoms in total. The number of oxazole rings is 1. The van der Waals surface area contributed by atoms with E-state index in [9.17, 15) is 9.59 Å². The highest BCUT2D eigenvalue weighted by molar-refractivity contribution is 5.79. The third-order valence-electron chi connectivity index (χ3n) is 4.79. The van der Waals surface area contributed by atoms with E-state index >= 15 is 0 Å². The maximum absolute atomic E-state index is 12.7. The van der Waals surface area contributed by atoms with Crippen molar-refractivity contribution in [2.24, 2.45) is 7.05 Å². The molecular formula is C18H20N4O3. The van der Waals surface area contributed by atoms with Crippen LogP contribution in [0.3, 0.4) is 0 Å². The van der Waals surface area contributed by atoms with Crippen molar-refractivity contribution in [3.63, 3.8) is 0 Å². The quantitative estimate of drug-likeness (QED) is 0.728. The first-order valence-corrected chi connectivity index (χ1v) is 8.47. The highest BCUT2D eigenvalue weighted by Gasteiger charge is 2.27. The van der Waals surface area contributed by atoms with Crippen molar-refractivity contribution in [3.05, 3.63) is 52.8 Å². The van der Waals surface area contributed by atoms with Crippen molar-refractivity contribution < 1.29 is 9.21 Å². The van der Waals surface area contributed by atoms with Gasteiger partial charge in [-0.05, 0) is 31.0 Å². The Kier molecular flexibility index (Phi) is 3.91. The number of amides is 1. The van der Waals surface area contributed by atoms with Gasteiger partial charge >= 0.3 is 5.76 Å². The smallest absolute Gasteiger partial charge is 0.408 e. The van der Waals surface area contributed by atoms with Crippen molar-refractivity contribution >= 4 is 17.0 Å². The molecule has 0 saturated carbocycles. The Labute approximate surface area is 144 Å². The van der Waals surface area contributed by atoms with Crippen LogP contribution < -0.4 is 5.76 Å². The lowest BCUT2D eigenvalue weighted by Crippen LogP contribution is -2.41. The predicted molar refractivity (Wildman–Crippen MR) is 92.2 cm³/mol. The van der Waals surface area contributed by atoms with Crippen LogP contribution in [0.4, 0.5) is 0 Å². The summed E-state index contributed by atoms with van der Waals surface area (Å²) in [5, 5.41) is 4.47. The number of aryl methyl sites for hydroxylation is 1. The molecule has 1 aliphatic rings. The van der Waals surface area contributed by atoms with Crippen molar-refractivity contribution in [1.29, 1.82) is 0 Å². The van der Waals surface area contributed by atoms with Crippen LogP contribution in [0.2, 0.25) is 0 Å². The van der Waals surface area contributed by atoms with Gasteiger partial charge < -0.3 is 9.32 Å². The highest BCUT2D eigenvalue weighted by Crippen LogP contribution is 2.25. The van der Waals surface area contributed by atoms with E-state index in [-0.39, 0.29) is 18.4 Å². The molecule has 0 aliphatic carbocycles. The van der Waals surface area contributed by atoms with Gasteiger partial charge in [0.1, 0.15) is 6.54 Å². The Morgan fingerprint density at radius 3 is 2.96 bits per heavy atom. The van der Waals surface area contributed by atoms with Crippen LogP contribution in [0, 0.1) is 0 Å². The zero-order valence-corrected chi connectivity index (χ0v) is 14.1. The molecule has 0 spiro atoms. The molecule has 1 aromatic carbocycles. The van der Waals surface area contributed by atoms with Crippen molar-refractivity contribution in [1.82, 2.24) is 19.2 Å². The summed E-state index contributed by atoms with van der Waals surface area (Å²) >= 11 is 0. The largest absolute Gasteiger partial charge is 0.420 e. The van der Waals surface area contributed by atoms with E-state index in [1.54, 1.807) is 22.9 Å². The maximum atomic E-state index is 12.7. The van der Waals surface area contributed by atoms with E-state index < -0.39 is 5.76 Å². The first-order valence-electron chi connectivity index (χ1n) is 8.47. The summed E-state index contributed by atoms with van der Waals surface area (Å²) in [6.45, 7) is 1.36. The Balaban J connectivity index is 1.52. The predicted octanol–water partition coefficient (Wildman–Crippen LogP) is 1.73. The molecule has 3 heterocycles. The lowest BCUT2D eigenvalue weighted by molar-refractivity contribution is -0.133. The van der Waals surface area contributed by atoms with Gasteiger partial charge in [0.25, 0.3) is 0 Å². The van der Waals surface area contributed by atoms with Gasteiger partial charge in [0.2, 0.25) is 5.91 Å². The van der Waals surface area contributed by atoms with Gasteiger partial charge in [-0.25, -0.2) is 4.79 Å². The molecule has 0 unspecified atom stereocenters. The molecule has 1 amide bonds. The number of hydrogen-bond acceptors (Lipinski definition) is 4. The zero-order valence-electron chi connectivity index (χ0n) is 14.1. The average Bonchev–Trinajstić information content (AvgIpc) is 3.19. The molecule has 7 heteroatoms. The summed E-state index contributed by atoms with van der Waals surface area (Å²) in [7, 11) is 1.89. The van der Waals surface area contributed by atoms with Crippen LogP contribution >= 0.6 is 0 Å². The van der Waals surface area contributed by atoms with E-state index in [2.05, 4.69) is 5.10 Å². The van der Waals surface area contributed by atoms with Crippen LogP contribution in [-0.2, 0) is 18.4 Å². The number of carbonyl (C=O) groups is 1. The second kappa shape index (κ2) is 6.23. The molecule has 1 saturated heterocycles. The number of piperidine rings is 1. The summed E-state index contributed by atoms with van der Waals surface area (Å²) in [6.07, 6.45) is 3.89. The van der Waals surface area contributed by atoms with E-state index in [0.717, 1.165) is 18.5 Å². The molecule has 4 rings (SSSR count). The molecular weight excluding hydrogens is 320 g/mol. The molecule has 2 aromatic heterocycles. The minimum absolute atomic E-state index is 0.00475. The fraction of sp³-hybridized carbons (Fsp3) is 0.389. The van der Waals surface area contributed by atoms with Crippen LogP contribution in [0.15, 0.2) is 45.7 Å². The van der Waals surface area contributed by atoms with E-state index in [0.29, 0.717) is 24.2 Å². The van der Waals surface area contributed by atoms with Crippen LogP contribution in [0.5, 0.6) is 0 Å². The van der Waals surface area contributed by atoms with Crippen LogP contribution in [0.1, 0.15) is 24.5 Å². The third kappa shape index (κ3) is 2.97. The fourth-order valence-electron chi connectivity index (χ4n) is 3.49. The Hall–Kier alpha value is -2.83. The number of carbonyl (C=O) groups excluding carboxylic acids is 1. The summed E-state index contributed by atoms with van der Waals surface area (Å²) in [6, 6.07) is 9.17. The molecule has 0 N–H and O–H groups in total. The van der Waals surface area contributed by atoms with Gasteiger partial charge in [-0.3, -0.25) is 14.0 Å². The minimum Gasteiger partial charge on any atom is -0.408 e. The zero-order chi connectivity index (χ0) is 17.4. The van der Waals surface area contributed by atoms with E-state index in [1.807, 2.05) is 30.3 Å². The first-order chi connectivity index (χ1) is 12.1. The lowest BCUT2D eigenvalue weighted by Gasteiger charge is -2.32. The average molecular weight is 340 g/mol. The van der Waals surface area contributed by atoms with Gasteiger partial charge in [-0.2, -0.15) is 5.10 Å². The molecule has 0 bridgehead atoms. The van der Waals surface area contributed by atoms with Crippen LogP contribution in [0.25, 0.3) is 11.1 Å². The highest BCUT2D eigenvalue weighted by atomic mass is 16.4. The van der Waals surface area contributed by atoms with Gasteiger partial charge in [0.05, 0.1) is 11.2 Å². The van der Waals surface area contributed by atoms with Crippen molar-refractivity contribution in [2.75, 3.05) is 13.1 Å². The number of rotatable bonds is 3. The Morgan fingerprint density at radius 1 is 1.32 bits per heavy atom. The van der Waals surface area contributed by atoms with Crippen molar-refractivity contribution in [3.8, 4) is 0 Å². The fourth-order valence-corrected chi connectivity index (χ4v) is 3.49. The van der Waals surface area contributed by atoms with E-state index in [4.69, 9.17) is 4.42 Å². The van der Waals surface area contributed by atoms with Gasteiger partial charge in [-0.15, -0.1) is 0 Å². The Morgan fingerprint density at radius 2 is 2.16 bits per heavy atom. The number of hydrogen-bond donors (Lipinski definition) is 0. The number of para-hydroxylation sites is 2. The molecule has 1 aliphatic heterocycles. The molecule has 1 fully saturated rings. The molecule has 3 aromatic rings. The summed E-state index contributed by atoms with van der Waals surface area (Å²) < 4.78 is 8.39. The maximum Gasteiger partial charge on any atom is 0.420 e. The Bertz CT molecular complexity index is 968. The topological polar surface area (TPSA) is 73.3 Å². The van der Waals surface area contributed by atoms with Gasteiger partial charge in [0, 0.05) is 32.3 Å². The van der Waals surface area contributed by atoms with E-state index in [1.165, 1.54) is 4.57 Å². The monoisotopic (exact) mass is 340 g/mol. The number of nitrogens with zero attached hydrogens (tertiary/aromatic N) is 4. The molecule has 1 atom stereocenters. The molecule has 130 valence electrons. The minimum atomic E-state index is -0.493. The SMILES string of the molecule is Cn1ccc([C@H]2CCCN(C(=O)Cn3c(=O)oc4ccccc43)C2)n1. The summed E-state index contributed by atoms with van der Waals surface area (Å²) in [5.41, 5.74) is 2.18. The second-order valence-corrected chi connectivity index (χ2v) is 6.52. The normalized spacial score (nSPS) is 18.0. The number of aromatic nitrogens is 3. The number of fused-ring (bicyclic) bond motifs is 1. The van der Waals surface area contributed by atoms with Gasteiger partial charge in [0.15, 0.2) is 5.58 Å². The number of benzene rings is 1.